The summed E-state index contributed by atoms with van der Waals surface area (Å²) in [4.78, 5) is 14.8. The minimum absolute atomic E-state index is 0.0533. The summed E-state index contributed by atoms with van der Waals surface area (Å²) in [7, 11) is 0. The van der Waals surface area contributed by atoms with Crippen molar-refractivity contribution in [1.29, 1.82) is 0 Å². The zero-order valence-electron chi connectivity index (χ0n) is 14.7. The van der Waals surface area contributed by atoms with Crippen molar-refractivity contribution in [2.45, 2.75) is 13.1 Å². The molecule has 3 rings (SSSR count). The van der Waals surface area contributed by atoms with Gasteiger partial charge in [0.2, 0.25) is 0 Å². The van der Waals surface area contributed by atoms with E-state index in [0.717, 1.165) is 37.3 Å². The van der Waals surface area contributed by atoms with E-state index in [1.165, 1.54) is 15.9 Å². The molecule has 2 aromatic rings. The van der Waals surface area contributed by atoms with Gasteiger partial charge in [-0.25, -0.2) is 4.39 Å². The van der Waals surface area contributed by atoms with E-state index in [4.69, 9.17) is 11.6 Å². The minimum Gasteiger partial charge on any atom is -0.347 e. The Kier molecular flexibility index (Phi) is 6.61. The van der Waals surface area contributed by atoms with Crippen molar-refractivity contribution in [2.24, 2.45) is 0 Å². The molecule has 138 valence electrons. The van der Waals surface area contributed by atoms with Gasteiger partial charge in [-0.2, -0.15) is 0 Å². The summed E-state index contributed by atoms with van der Waals surface area (Å²) in [6, 6.07) is 14.5. The van der Waals surface area contributed by atoms with Crippen molar-refractivity contribution in [2.75, 3.05) is 32.7 Å². The number of quaternary nitrogens is 2. The van der Waals surface area contributed by atoms with Gasteiger partial charge in [0.25, 0.3) is 5.91 Å². The molecule has 0 bridgehead atoms. The van der Waals surface area contributed by atoms with Crippen molar-refractivity contribution in [3.05, 3.63) is 70.5 Å². The molecule has 0 spiro atoms. The van der Waals surface area contributed by atoms with Gasteiger partial charge in [-0.15, -0.1) is 0 Å². The van der Waals surface area contributed by atoms with E-state index in [9.17, 15) is 9.18 Å². The Bertz CT molecular complexity index is 747. The highest BCUT2D eigenvalue weighted by Gasteiger charge is 2.25. The fraction of sp³-hybridized carbons (Fsp3) is 0.350. The van der Waals surface area contributed by atoms with Crippen LogP contribution in [0.25, 0.3) is 0 Å². The highest BCUT2D eigenvalue weighted by Crippen LogP contribution is 2.10. The molecule has 1 heterocycles. The number of hydrogen-bond donors (Lipinski definition) is 3. The number of nitrogens with one attached hydrogen (secondary N) is 3. The van der Waals surface area contributed by atoms with Gasteiger partial charge in [0.1, 0.15) is 38.5 Å². The fourth-order valence-electron chi connectivity index (χ4n) is 3.36. The topological polar surface area (TPSA) is 38.0 Å². The van der Waals surface area contributed by atoms with Crippen LogP contribution in [0.3, 0.4) is 0 Å². The molecular weight excluding hydrogens is 353 g/mol. The molecule has 0 unspecified atom stereocenters. The van der Waals surface area contributed by atoms with E-state index in [1.54, 1.807) is 6.07 Å². The molecule has 0 radical (unpaired) electrons. The zero-order chi connectivity index (χ0) is 18.4. The lowest BCUT2D eigenvalue weighted by Crippen LogP contribution is -3.28. The van der Waals surface area contributed by atoms with Gasteiger partial charge in [0.05, 0.1) is 0 Å². The molecule has 6 heteroatoms. The molecule has 1 aliphatic rings. The average molecular weight is 378 g/mol. The smallest absolute Gasteiger partial charge is 0.275 e. The van der Waals surface area contributed by atoms with Crippen LogP contribution in [0.15, 0.2) is 48.5 Å². The number of amides is 1. The Morgan fingerprint density at radius 3 is 2.50 bits per heavy atom. The van der Waals surface area contributed by atoms with Crippen LogP contribution in [0.2, 0.25) is 5.02 Å². The van der Waals surface area contributed by atoms with Crippen LogP contribution >= 0.6 is 11.6 Å². The van der Waals surface area contributed by atoms with Gasteiger partial charge in [0.15, 0.2) is 6.54 Å². The number of carbonyl (C=O) groups is 1. The third-order valence-corrected chi connectivity index (χ3v) is 5.09. The summed E-state index contributed by atoms with van der Waals surface area (Å²) in [5.41, 5.74) is 1.77. The van der Waals surface area contributed by atoms with Gasteiger partial charge in [-0.05, 0) is 23.8 Å². The maximum absolute atomic E-state index is 13.8. The van der Waals surface area contributed by atoms with Crippen molar-refractivity contribution < 1.29 is 19.0 Å². The lowest BCUT2D eigenvalue weighted by molar-refractivity contribution is -1.02. The average Bonchev–Trinajstić information content (AvgIpc) is 2.64. The first-order valence-electron chi connectivity index (χ1n) is 9.02. The maximum Gasteiger partial charge on any atom is 0.275 e. The second kappa shape index (κ2) is 9.12. The van der Waals surface area contributed by atoms with E-state index in [1.807, 2.05) is 36.4 Å². The first-order valence-corrected chi connectivity index (χ1v) is 9.39. The summed E-state index contributed by atoms with van der Waals surface area (Å²) in [6.07, 6.45) is 0. The number of rotatable bonds is 6. The number of benzene rings is 2. The van der Waals surface area contributed by atoms with E-state index < -0.39 is 0 Å². The summed E-state index contributed by atoms with van der Waals surface area (Å²) in [6.45, 7) is 5.44. The Morgan fingerprint density at radius 2 is 1.77 bits per heavy atom. The van der Waals surface area contributed by atoms with E-state index in [0.29, 0.717) is 24.7 Å². The molecule has 1 fully saturated rings. The first kappa shape index (κ1) is 18.8. The predicted molar refractivity (Wildman–Crippen MR) is 99.7 cm³/mol. The normalized spacial score (nSPS) is 19.9. The van der Waals surface area contributed by atoms with Crippen LogP contribution in [0.1, 0.15) is 11.1 Å². The summed E-state index contributed by atoms with van der Waals surface area (Å²) in [5, 5.41) is 3.63. The van der Waals surface area contributed by atoms with Crippen LogP contribution in [-0.4, -0.2) is 38.6 Å². The summed E-state index contributed by atoms with van der Waals surface area (Å²) in [5.74, 6) is -0.0762. The lowest BCUT2D eigenvalue weighted by atomic mass is 10.2. The third-order valence-electron chi connectivity index (χ3n) is 4.85. The molecule has 3 N–H and O–H groups in total. The van der Waals surface area contributed by atoms with Crippen molar-refractivity contribution in [3.8, 4) is 0 Å². The van der Waals surface area contributed by atoms with Crippen LogP contribution in [0, 0.1) is 5.82 Å². The lowest BCUT2D eigenvalue weighted by Gasteiger charge is -2.29. The van der Waals surface area contributed by atoms with Crippen LogP contribution in [-0.2, 0) is 17.9 Å². The van der Waals surface area contributed by atoms with Crippen molar-refractivity contribution in [3.63, 3.8) is 0 Å². The molecule has 1 amide bonds. The van der Waals surface area contributed by atoms with Gasteiger partial charge in [0, 0.05) is 17.1 Å². The van der Waals surface area contributed by atoms with Crippen LogP contribution in [0.4, 0.5) is 4.39 Å². The number of hydrogen-bond acceptors (Lipinski definition) is 1. The number of carbonyl (C=O) groups excluding carboxylic acids is 1. The zero-order valence-corrected chi connectivity index (χ0v) is 15.5. The Morgan fingerprint density at radius 1 is 1.04 bits per heavy atom. The molecule has 26 heavy (non-hydrogen) atoms. The van der Waals surface area contributed by atoms with E-state index in [2.05, 4.69) is 5.32 Å². The van der Waals surface area contributed by atoms with Gasteiger partial charge < -0.3 is 15.1 Å². The largest absolute Gasteiger partial charge is 0.347 e. The quantitative estimate of drug-likeness (QED) is 0.655. The van der Waals surface area contributed by atoms with Crippen LogP contribution < -0.4 is 15.1 Å². The first-order chi connectivity index (χ1) is 12.6. The Hall–Kier alpha value is -1.95. The third kappa shape index (κ3) is 5.53. The van der Waals surface area contributed by atoms with Crippen LogP contribution in [0.5, 0.6) is 0 Å². The molecule has 2 aromatic carbocycles. The van der Waals surface area contributed by atoms with Gasteiger partial charge in [-0.1, -0.05) is 41.9 Å². The fourth-order valence-corrected chi connectivity index (χ4v) is 3.57. The molecule has 0 aromatic heterocycles. The number of halogens is 2. The van der Waals surface area contributed by atoms with E-state index in [-0.39, 0.29) is 11.7 Å². The monoisotopic (exact) mass is 377 g/mol. The molecule has 4 nitrogen and oxygen atoms in total. The summed E-state index contributed by atoms with van der Waals surface area (Å²) >= 11 is 5.95. The second-order valence-corrected chi connectivity index (χ2v) is 7.29. The molecule has 1 aliphatic heterocycles. The predicted octanol–water partition coefficient (Wildman–Crippen LogP) is 0.0789. The number of piperazine rings is 1. The molecule has 0 aliphatic carbocycles. The molecule has 0 atom stereocenters. The van der Waals surface area contributed by atoms with Crippen molar-refractivity contribution >= 4 is 17.5 Å². The van der Waals surface area contributed by atoms with Crippen molar-refractivity contribution in [1.82, 2.24) is 5.32 Å². The SMILES string of the molecule is O=C(C[NH+]1CC[NH+](Cc2ccccc2F)CC1)NCc1cccc(Cl)c1. The minimum atomic E-state index is -0.129. The molecule has 1 saturated heterocycles. The molecule has 0 saturated carbocycles. The highest BCUT2D eigenvalue weighted by molar-refractivity contribution is 6.30. The Labute approximate surface area is 158 Å². The second-order valence-electron chi connectivity index (χ2n) is 6.85. The van der Waals surface area contributed by atoms with Gasteiger partial charge in [-0.3, -0.25) is 4.79 Å². The van der Waals surface area contributed by atoms with E-state index >= 15 is 0 Å². The maximum atomic E-state index is 13.8. The molecular formula is C20H25ClFN3O+2. The summed E-state index contributed by atoms with van der Waals surface area (Å²) < 4.78 is 13.8. The van der Waals surface area contributed by atoms with Gasteiger partial charge >= 0.3 is 0 Å². The Balaban J connectivity index is 1.39. The standard InChI is InChI=1S/C20H23ClFN3O/c21-18-6-3-4-16(12-18)13-23-20(26)15-25-10-8-24(9-11-25)14-17-5-1-2-7-19(17)22/h1-7,12H,8-11,13-15H2,(H,23,26)/p+2. The highest BCUT2D eigenvalue weighted by atomic mass is 35.5.